The van der Waals surface area contributed by atoms with E-state index in [0.29, 0.717) is 39.7 Å². The van der Waals surface area contributed by atoms with Gasteiger partial charge in [0.2, 0.25) is 0 Å². The molecular weight excluding hydrogens is 346 g/mol. The van der Waals surface area contributed by atoms with Crippen LogP contribution in [0.5, 0.6) is 5.75 Å². The van der Waals surface area contributed by atoms with Gasteiger partial charge in [0.15, 0.2) is 17.5 Å². The fraction of sp³-hybridized carbons (Fsp3) is 0.294. The van der Waals surface area contributed by atoms with E-state index in [1.807, 2.05) is 6.92 Å². The van der Waals surface area contributed by atoms with E-state index >= 15 is 0 Å². The van der Waals surface area contributed by atoms with Gasteiger partial charge in [0, 0.05) is 30.3 Å². The summed E-state index contributed by atoms with van der Waals surface area (Å²) in [6, 6.07) is 5.07. The van der Waals surface area contributed by atoms with Crippen LogP contribution >= 0.6 is 11.6 Å². The van der Waals surface area contributed by atoms with Gasteiger partial charge in [-0.15, -0.1) is 0 Å². The van der Waals surface area contributed by atoms with Gasteiger partial charge < -0.3 is 14.4 Å². The van der Waals surface area contributed by atoms with Crippen LogP contribution in [0.4, 0.5) is 0 Å². The van der Waals surface area contributed by atoms with Crippen molar-refractivity contribution in [3.05, 3.63) is 47.1 Å². The Morgan fingerprint density at radius 1 is 1.36 bits per heavy atom. The van der Waals surface area contributed by atoms with Gasteiger partial charge in [-0.05, 0) is 18.6 Å². The van der Waals surface area contributed by atoms with Crippen LogP contribution in [-0.4, -0.2) is 26.2 Å². The molecule has 2 aromatic heterocycles. The number of nitrogens with zero attached hydrogens (tertiary/aromatic N) is 3. The maximum absolute atomic E-state index is 10.7. The molecule has 1 atom stereocenters. The van der Waals surface area contributed by atoms with Gasteiger partial charge in [-0.3, -0.25) is 4.79 Å². The Balaban J connectivity index is 1.87. The van der Waals surface area contributed by atoms with Crippen LogP contribution in [0.1, 0.15) is 37.4 Å². The van der Waals surface area contributed by atoms with E-state index < -0.39 is 5.97 Å². The Kier molecular flexibility index (Phi) is 5.14. The Bertz CT molecular complexity index is 882. The number of halogens is 1. The van der Waals surface area contributed by atoms with Gasteiger partial charge in [-0.25, -0.2) is 9.97 Å². The van der Waals surface area contributed by atoms with Crippen molar-refractivity contribution in [2.75, 3.05) is 0 Å². The predicted molar refractivity (Wildman–Crippen MR) is 90.7 cm³/mol. The van der Waals surface area contributed by atoms with Crippen molar-refractivity contribution in [1.82, 2.24) is 15.1 Å². The minimum atomic E-state index is -0.893. The van der Waals surface area contributed by atoms with Crippen molar-refractivity contribution < 1.29 is 19.2 Å². The van der Waals surface area contributed by atoms with Gasteiger partial charge in [0.25, 0.3) is 0 Å². The third kappa shape index (κ3) is 3.88. The molecule has 0 aliphatic carbocycles. The van der Waals surface area contributed by atoms with Gasteiger partial charge >= 0.3 is 5.97 Å². The number of benzene rings is 1. The van der Waals surface area contributed by atoms with Gasteiger partial charge in [-0.1, -0.05) is 23.7 Å². The lowest BCUT2D eigenvalue weighted by molar-refractivity contribution is -0.136. The summed E-state index contributed by atoms with van der Waals surface area (Å²) in [6.07, 6.45) is 3.88. The normalized spacial score (nSPS) is 12.2. The molecule has 0 aliphatic heterocycles. The highest BCUT2D eigenvalue weighted by molar-refractivity contribution is 6.32. The summed E-state index contributed by atoms with van der Waals surface area (Å²) in [5.74, 6) is 0.117. The van der Waals surface area contributed by atoms with Crippen molar-refractivity contribution in [3.8, 4) is 5.75 Å². The zero-order valence-corrected chi connectivity index (χ0v) is 14.2. The van der Waals surface area contributed by atoms with Gasteiger partial charge in [0.05, 0.1) is 17.1 Å². The Labute approximate surface area is 148 Å². The number of carbonyl (C=O) groups is 1. The SMILES string of the molecule is CCC(Oc1cc2onc(CCC(=O)O)c2cc1Cl)c1ncccn1. The largest absolute Gasteiger partial charge is 0.481 e. The molecule has 0 spiro atoms. The molecular formula is C17H16ClN3O4. The third-order valence-corrected chi connectivity index (χ3v) is 3.98. The van der Waals surface area contributed by atoms with E-state index in [-0.39, 0.29) is 18.9 Å². The molecule has 0 fully saturated rings. The fourth-order valence-electron chi connectivity index (χ4n) is 2.43. The molecule has 0 saturated carbocycles. The van der Waals surface area contributed by atoms with Gasteiger partial charge in [-0.2, -0.15) is 0 Å². The van der Waals surface area contributed by atoms with Crippen LogP contribution in [0.3, 0.4) is 0 Å². The second-order valence-electron chi connectivity index (χ2n) is 5.42. The zero-order chi connectivity index (χ0) is 17.8. The molecule has 0 aliphatic rings. The van der Waals surface area contributed by atoms with Crippen molar-refractivity contribution in [3.63, 3.8) is 0 Å². The number of carboxylic acid groups (broad SMARTS) is 1. The second-order valence-corrected chi connectivity index (χ2v) is 5.83. The predicted octanol–water partition coefficient (Wildman–Crippen LogP) is 3.82. The van der Waals surface area contributed by atoms with E-state index in [1.54, 1.807) is 30.6 Å². The molecule has 8 heteroatoms. The second kappa shape index (κ2) is 7.48. The molecule has 1 unspecified atom stereocenters. The van der Waals surface area contributed by atoms with Crippen LogP contribution in [0.2, 0.25) is 5.02 Å². The van der Waals surface area contributed by atoms with E-state index in [1.165, 1.54) is 0 Å². The molecule has 0 amide bonds. The maximum atomic E-state index is 10.7. The van der Waals surface area contributed by atoms with Crippen molar-refractivity contribution in [2.45, 2.75) is 32.3 Å². The molecule has 1 aromatic carbocycles. The molecule has 3 rings (SSSR count). The highest BCUT2D eigenvalue weighted by atomic mass is 35.5. The van der Waals surface area contributed by atoms with Crippen LogP contribution in [0.25, 0.3) is 11.0 Å². The first-order chi connectivity index (χ1) is 12.1. The minimum absolute atomic E-state index is 0.0270. The number of aryl methyl sites for hydroxylation is 1. The Morgan fingerprint density at radius 3 is 2.80 bits per heavy atom. The highest BCUT2D eigenvalue weighted by Gasteiger charge is 2.18. The number of hydrogen-bond acceptors (Lipinski definition) is 6. The molecule has 0 radical (unpaired) electrons. The van der Waals surface area contributed by atoms with Crippen molar-refractivity contribution >= 4 is 28.5 Å². The summed E-state index contributed by atoms with van der Waals surface area (Å²) >= 11 is 6.33. The van der Waals surface area contributed by atoms with Crippen LogP contribution in [0.15, 0.2) is 35.1 Å². The molecule has 0 bridgehead atoms. The molecule has 7 nitrogen and oxygen atoms in total. The lowest BCUT2D eigenvalue weighted by atomic mass is 10.1. The first kappa shape index (κ1) is 17.2. The van der Waals surface area contributed by atoms with Crippen LogP contribution in [-0.2, 0) is 11.2 Å². The zero-order valence-electron chi connectivity index (χ0n) is 13.5. The summed E-state index contributed by atoms with van der Waals surface area (Å²) < 4.78 is 11.2. The molecule has 3 aromatic rings. The first-order valence-corrected chi connectivity index (χ1v) is 8.19. The molecule has 25 heavy (non-hydrogen) atoms. The number of hydrogen-bond donors (Lipinski definition) is 1. The van der Waals surface area contributed by atoms with Crippen LogP contribution < -0.4 is 4.74 Å². The maximum Gasteiger partial charge on any atom is 0.303 e. The number of aromatic nitrogens is 3. The number of rotatable bonds is 7. The summed E-state index contributed by atoms with van der Waals surface area (Å²) in [6.45, 7) is 1.96. The molecule has 2 heterocycles. The monoisotopic (exact) mass is 361 g/mol. The number of aliphatic carboxylic acids is 1. The van der Waals surface area contributed by atoms with E-state index in [2.05, 4.69) is 15.1 Å². The van der Waals surface area contributed by atoms with Crippen molar-refractivity contribution in [2.24, 2.45) is 0 Å². The summed E-state index contributed by atoms with van der Waals surface area (Å²) in [7, 11) is 0. The minimum Gasteiger partial charge on any atom is -0.481 e. The first-order valence-electron chi connectivity index (χ1n) is 7.81. The van der Waals surface area contributed by atoms with E-state index in [9.17, 15) is 4.79 Å². The molecule has 130 valence electrons. The third-order valence-electron chi connectivity index (χ3n) is 3.69. The average molecular weight is 362 g/mol. The number of carboxylic acids is 1. The Hall–Kier alpha value is -2.67. The lowest BCUT2D eigenvalue weighted by Crippen LogP contribution is -2.10. The summed E-state index contributed by atoms with van der Waals surface area (Å²) in [5, 5.41) is 13.8. The standard InChI is InChI=1S/C17H16ClN3O4/c1-2-13(17-19-6-3-7-20-17)24-15-9-14-10(8-11(15)18)12(21-25-14)4-5-16(22)23/h3,6-9,13H,2,4-5H2,1H3,(H,22,23). The number of fused-ring (bicyclic) bond motifs is 1. The average Bonchev–Trinajstić information content (AvgIpc) is 3.00. The topological polar surface area (TPSA) is 98.3 Å². The number of ether oxygens (including phenoxy) is 1. The summed E-state index contributed by atoms with van der Waals surface area (Å²) in [5.41, 5.74) is 1.05. The fourth-order valence-corrected chi connectivity index (χ4v) is 2.64. The summed E-state index contributed by atoms with van der Waals surface area (Å²) in [4.78, 5) is 19.1. The lowest BCUT2D eigenvalue weighted by Gasteiger charge is -2.16. The van der Waals surface area contributed by atoms with Gasteiger partial charge in [0.1, 0.15) is 5.75 Å². The van der Waals surface area contributed by atoms with E-state index in [0.717, 1.165) is 0 Å². The quantitative estimate of drug-likeness (QED) is 0.682. The van der Waals surface area contributed by atoms with Crippen LogP contribution in [0, 0.1) is 0 Å². The molecule has 0 saturated heterocycles. The Morgan fingerprint density at radius 2 is 2.12 bits per heavy atom. The molecule has 1 N–H and O–H groups in total. The smallest absolute Gasteiger partial charge is 0.303 e. The van der Waals surface area contributed by atoms with E-state index in [4.69, 9.17) is 26.0 Å². The highest BCUT2D eigenvalue weighted by Crippen LogP contribution is 2.35. The van der Waals surface area contributed by atoms with Crippen molar-refractivity contribution in [1.29, 1.82) is 0 Å².